The van der Waals surface area contributed by atoms with Crippen molar-refractivity contribution in [2.24, 2.45) is 0 Å². The number of nitrogens with one attached hydrogen (secondary N) is 1. The predicted molar refractivity (Wildman–Crippen MR) is 101 cm³/mol. The van der Waals surface area contributed by atoms with Crippen molar-refractivity contribution in [3.8, 4) is 0 Å². The van der Waals surface area contributed by atoms with Crippen molar-refractivity contribution < 1.29 is 18.0 Å². The molecular formula is C19H21F3N6O2. The second-order valence-electron chi connectivity index (χ2n) is 7.66. The number of alkyl halides is 3. The van der Waals surface area contributed by atoms with E-state index in [1.165, 1.54) is 0 Å². The van der Waals surface area contributed by atoms with Crippen molar-refractivity contribution >= 4 is 11.9 Å². The summed E-state index contributed by atoms with van der Waals surface area (Å²) in [5, 5.41) is 5.78. The van der Waals surface area contributed by atoms with Crippen LogP contribution < -0.4 is 10.5 Å². The van der Waals surface area contributed by atoms with E-state index < -0.39 is 23.2 Å². The van der Waals surface area contributed by atoms with E-state index in [4.69, 9.17) is 0 Å². The average Bonchev–Trinajstić information content (AvgIpc) is 3.10. The van der Waals surface area contributed by atoms with Crippen LogP contribution in [0, 0.1) is 6.92 Å². The molecule has 0 radical (unpaired) electrons. The molecule has 1 saturated heterocycles. The molecular weight excluding hydrogens is 401 g/mol. The second-order valence-corrected chi connectivity index (χ2v) is 7.66. The fraction of sp³-hybridized carbons (Fsp3) is 0.526. The summed E-state index contributed by atoms with van der Waals surface area (Å²) in [5.41, 5.74) is -1.35. The van der Waals surface area contributed by atoms with Crippen molar-refractivity contribution in [3.63, 3.8) is 0 Å². The normalized spacial score (nSPS) is 19.1. The van der Waals surface area contributed by atoms with Gasteiger partial charge in [0.15, 0.2) is 0 Å². The number of anilines is 1. The van der Waals surface area contributed by atoms with E-state index in [1.54, 1.807) is 17.3 Å². The van der Waals surface area contributed by atoms with E-state index in [9.17, 15) is 22.8 Å². The highest BCUT2D eigenvalue weighted by Gasteiger charge is 2.41. The van der Waals surface area contributed by atoms with Crippen LogP contribution in [0.5, 0.6) is 0 Å². The summed E-state index contributed by atoms with van der Waals surface area (Å²) < 4.78 is 39.7. The minimum Gasteiger partial charge on any atom is -0.339 e. The van der Waals surface area contributed by atoms with Gasteiger partial charge in [-0.3, -0.25) is 9.59 Å². The number of aryl methyl sites for hydroxylation is 1. The van der Waals surface area contributed by atoms with Crippen LogP contribution in [0.25, 0.3) is 0 Å². The number of hydrogen-bond acceptors (Lipinski definition) is 6. The highest BCUT2D eigenvalue weighted by atomic mass is 19.4. The number of piperazine rings is 1. The number of hydrogen-bond donors (Lipinski definition) is 1. The molecule has 0 bridgehead atoms. The van der Waals surface area contributed by atoms with Gasteiger partial charge in [0, 0.05) is 50.9 Å². The zero-order chi connectivity index (χ0) is 21.5. The maximum absolute atomic E-state index is 13.2. The Balaban J connectivity index is 1.41. The maximum atomic E-state index is 13.2. The Hall–Kier alpha value is -2.98. The first-order chi connectivity index (χ1) is 14.2. The highest BCUT2D eigenvalue weighted by molar-refractivity contribution is 5.77. The Bertz CT molecular complexity index is 997. The summed E-state index contributed by atoms with van der Waals surface area (Å²) in [6.45, 7) is 4.05. The smallest absolute Gasteiger partial charge is 0.339 e. The van der Waals surface area contributed by atoms with Crippen molar-refractivity contribution in [1.82, 2.24) is 25.1 Å². The molecule has 4 rings (SSSR count). The number of fused-ring (bicyclic) bond motifs is 1. The molecule has 1 N–H and O–H groups in total. The summed E-state index contributed by atoms with van der Waals surface area (Å²) >= 11 is 0. The van der Waals surface area contributed by atoms with Gasteiger partial charge in [-0.05, 0) is 30.9 Å². The van der Waals surface area contributed by atoms with Crippen LogP contribution in [0.1, 0.15) is 41.1 Å². The number of aromatic amines is 1. The largest absolute Gasteiger partial charge is 0.422 e. The molecule has 2 aromatic heterocycles. The minimum atomic E-state index is -4.74. The Morgan fingerprint density at radius 1 is 1.20 bits per heavy atom. The van der Waals surface area contributed by atoms with E-state index in [2.05, 4.69) is 15.1 Å². The standard InChI is InChI=1S/C19H21F3N6O2/c1-11-9-23-18(24-10-11)28-6-4-27(5-7-28)14(29)8-12-2-3-13-15(19(20,21)22)17(30)26-25-16(12)13/h9-10,12H,2-8H2,1H3,(H,26,30)/t12-/m1/s1. The average molecular weight is 422 g/mol. The van der Waals surface area contributed by atoms with Crippen molar-refractivity contribution in [2.45, 2.75) is 38.3 Å². The van der Waals surface area contributed by atoms with Gasteiger partial charge in [0.25, 0.3) is 5.56 Å². The van der Waals surface area contributed by atoms with Gasteiger partial charge in [0.1, 0.15) is 5.56 Å². The van der Waals surface area contributed by atoms with Crippen LogP contribution in [-0.4, -0.2) is 57.2 Å². The minimum absolute atomic E-state index is 0.0738. The molecule has 30 heavy (non-hydrogen) atoms. The van der Waals surface area contributed by atoms with E-state index in [0.29, 0.717) is 38.5 Å². The maximum Gasteiger partial charge on any atom is 0.422 e. The molecule has 1 atom stereocenters. The molecule has 0 unspecified atom stereocenters. The third-order valence-corrected chi connectivity index (χ3v) is 5.63. The lowest BCUT2D eigenvalue weighted by molar-refractivity contribution is -0.139. The zero-order valence-corrected chi connectivity index (χ0v) is 16.4. The lowest BCUT2D eigenvalue weighted by atomic mass is 10.0. The van der Waals surface area contributed by atoms with Gasteiger partial charge in [-0.1, -0.05) is 0 Å². The van der Waals surface area contributed by atoms with Crippen LogP contribution in [0.2, 0.25) is 0 Å². The van der Waals surface area contributed by atoms with Gasteiger partial charge in [0.2, 0.25) is 11.9 Å². The quantitative estimate of drug-likeness (QED) is 0.809. The molecule has 1 fully saturated rings. The molecule has 1 aliphatic carbocycles. The number of carbonyl (C=O) groups is 1. The Kier molecular flexibility index (Phi) is 5.20. The molecule has 3 heterocycles. The van der Waals surface area contributed by atoms with Crippen LogP contribution in [-0.2, 0) is 17.4 Å². The van der Waals surface area contributed by atoms with Crippen LogP contribution in [0.3, 0.4) is 0 Å². The zero-order valence-electron chi connectivity index (χ0n) is 16.4. The number of nitrogens with zero attached hydrogens (tertiary/aromatic N) is 5. The van der Waals surface area contributed by atoms with Crippen molar-refractivity contribution in [2.75, 3.05) is 31.1 Å². The third-order valence-electron chi connectivity index (χ3n) is 5.63. The molecule has 11 heteroatoms. The number of rotatable bonds is 3. The predicted octanol–water partition coefficient (Wildman–Crippen LogP) is 1.66. The highest BCUT2D eigenvalue weighted by Crippen LogP contribution is 2.39. The van der Waals surface area contributed by atoms with E-state index in [-0.39, 0.29) is 30.0 Å². The van der Waals surface area contributed by atoms with E-state index >= 15 is 0 Å². The Morgan fingerprint density at radius 3 is 2.50 bits per heavy atom. The van der Waals surface area contributed by atoms with Gasteiger partial charge >= 0.3 is 6.18 Å². The first-order valence-electron chi connectivity index (χ1n) is 9.74. The summed E-state index contributed by atoms with van der Waals surface area (Å²) in [7, 11) is 0. The van der Waals surface area contributed by atoms with Crippen molar-refractivity contribution in [3.05, 3.63) is 45.1 Å². The molecule has 1 amide bonds. The third kappa shape index (κ3) is 3.88. The molecule has 0 saturated carbocycles. The number of amides is 1. The summed E-state index contributed by atoms with van der Waals surface area (Å²) in [5.74, 6) is 0.0630. The Labute approximate surface area is 170 Å². The molecule has 160 valence electrons. The van der Waals surface area contributed by atoms with E-state index in [0.717, 1.165) is 5.56 Å². The molecule has 2 aliphatic rings. The van der Waals surface area contributed by atoms with Crippen molar-refractivity contribution in [1.29, 1.82) is 0 Å². The number of halogens is 3. The SMILES string of the molecule is Cc1cnc(N2CCN(C(=O)C[C@H]3CCc4c3n[nH]c(=O)c4C(F)(F)F)CC2)nc1. The summed E-state index contributed by atoms with van der Waals surface area (Å²) in [6, 6.07) is 0. The lowest BCUT2D eigenvalue weighted by Crippen LogP contribution is -2.49. The van der Waals surface area contributed by atoms with Crippen LogP contribution in [0.15, 0.2) is 17.2 Å². The van der Waals surface area contributed by atoms with Gasteiger partial charge < -0.3 is 9.80 Å². The molecule has 1 aliphatic heterocycles. The molecule has 0 aromatic carbocycles. The second kappa shape index (κ2) is 7.69. The monoisotopic (exact) mass is 422 g/mol. The van der Waals surface area contributed by atoms with Gasteiger partial charge in [-0.15, -0.1) is 0 Å². The first kappa shape index (κ1) is 20.3. The van der Waals surface area contributed by atoms with Crippen LogP contribution in [0.4, 0.5) is 19.1 Å². The van der Waals surface area contributed by atoms with Gasteiger partial charge in [-0.2, -0.15) is 18.3 Å². The lowest BCUT2D eigenvalue weighted by Gasteiger charge is -2.35. The fourth-order valence-electron chi connectivity index (χ4n) is 4.09. The number of carbonyl (C=O) groups excluding carboxylic acids is 1. The number of aromatic nitrogens is 4. The Morgan fingerprint density at radius 2 is 1.87 bits per heavy atom. The summed E-state index contributed by atoms with van der Waals surface area (Å²) in [6.07, 6.45) is -0.727. The van der Waals surface area contributed by atoms with E-state index in [1.807, 2.05) is 16.9 Å². The van der Waals surface area contributed by atoms with Gasteiger partial charge in [-0.25, -0.2) is 15.1 Å². The molecule has 2 aromatic rings. The first-order valence-corrected chi connectivity index (χ1v) is 9.74. The topological polar surface area (TPSA) is 95.1 Å². The molecule has 0 spiro atoms. The van der Waals surface area contributed by atoms with Crippen LogP contribution >= 0.6 is 0 Å². The van der Waals surface area contributed by atoms with Gasteiger partial charge in [0.05, 0.1) is 5.69 Å². The number of H-pyrrole nitrogens is 1. The molecule has 8 nitrogen and oxygen atoms in total. The summed E-state index contributed by atoms with van der Waals surface area (Å²) in [4.78, 5) is 36.7. The fourth-order valence-corrected chi connectivity index (χ4v) is 4.09.